The van der Waals surface area contributed by atoms with Gasteiger partial charge in [-0.15, -0.1) is 0 Å². The second-order valence-electron chi connectivity index (χ2n) is 9.05. The zero-order valence-electron chi connectivity index (χ0n) is 21.2. The van der Waals surface area contributed by atoms with Crippen molar-refractivity contribution in [2.24, 2.45) is 10.7 Å². The highest BCUT2D eigenvalue weighted by molar-refractivity contribution is 6.31. The first-order chi connectivity index (χ1) is 19.0. The van der Waals surface area contributed by atoms with E-state index >= 15 is 0 Å². The molecule has 0 fully saturated rings. The lowest BCUT2D eigenvalue weighted by Gasteiger charge is -2.17. The molecule has 7 nitrogen and oxygen atoms in total. The Morgan fingerprint density at radius 2 is 1.43 bits per heavy atom. The van der Waals surface area contributed by atoms with Crippen LogP contribution in [0.25, 0.3) is 22.3 Å². The third-order valence-electron chi connectivity index (χ3n) is 6.06. The summed E-state index contributed by atoms with van der Waals surface area (Å²) in [6.07, 6.45) is 0.0510. The molecule has 0 heterocycles. The molecule has 4 aromatic rings. The quantitative estimate of drug-likeness (QED) is 0.172. The van der Waals surface area contributed by atoms with Gasteiger partial charge < -0.3 is 21.3 Å². The van der Waals surface area contributed by atoms with E-state index in [-0.39, 0.29) is 28.6 Å². The molecule has 0 bridgehead atoms. The summed E-state index contributed by atoms with van der Waals surface area (Å²) in [5.41, 5.74) is 8.35. The fourth-order valence-corrected chi connectivity index (χ4v) is 4.20. The number of carbonyl (C=O) groups excluding carboxylic acids is 2. The summed E-state index contributed by atoms with van der Waals surface area (Å²) in [5, 5.41) is 22.4. The second kappa shape index (κ2) is 12.0. The summed E-state index contributed by atoms with van der Waals surface area (Å²) < 4.78 is 27.4. The summed E-state index contributed by atoms with van der Waals surface area (Å²) in [5.74, 6) is -3.70. The Balaban J connectivity index is 1.59. The maximum Gasteiger partial charge on any atom is 0.270 e. The number of amidine groups is 1. The molecule has 40 heavy (non-hydrogen) atoms. The zero-order chi connectivity index (χ0) is 29.0. The molecule has 0 radical (unpaired) electrons. The fourth-order valence-electron chi connectivity index (χ4n) is 4.02. The molecule has 0 saturated carbocycles. The first-order valence-electron chi connectivity index (χ1n) is 12.0. The van der Waals surface area contributed by atoms with Crippen LogP contribution in [-0.4, -0.2) is 33.9 Å². The van der Waals surface area contributed by atoms with Gasteiger partial charge in [0.05, 0.1) is 16.4 Å². The molecule has 0 aromatic heterocycles. The number of phenols is 2. The van der Waals surface area contributed by atoms with Crippen LogP contribution in [0.4, 0.5) is 8.78 Å². The van der Waals surface area contributed by atoms with Crippen LogP contribution >= 0.6 is 11.6 Å². The fraction of sp³-hybridized carbons (Fsp3) is 0.100. The molecule has 4 aromatic carbocycles. The molecular weight excluding hydrogens is 540 g/mol. The minimum atomic E-state index is -1.13. The number of nitrogens with one attached hydrogen (secondary N) is 1. The maximum absolute atomic E-state index is 13.9. The van der Waals surface area contributed by atoms with Crippen LogP contribution < -0.4 is 11.1 Å². The van der Waals surface area contributed by atoms with Gasteiger partial charge in [-0.25, -0.2) is 8.78 Å². The number of aromatic hydroxyl groups is 2. The smallest absolute Gasteiger partial charge is 0.270 e. The van der Waals surface area contributed by atoms with E-state index < -0.39 is 35.2 Å². The number of hydrogen-bond donors (Lipinski definition) is 4. The molecular formula is C30H24ClF2N3O4. The molecule has 10 heteroatoms. The van der Waals surface area contributed by atoms with Gasteiger partial charge in [0.2, 0.25) is 0 Å². The maximum atomic E-state index is 13.9. The average Bonchev–Trinajstić information content (AvgIpc) is 2.91. The first kappa shape index (κ1) is 28.3. The Kier molecular flexibility index (Phi) is 8.45. The van der Waals surface area contributed by atoms with Crippen molar-refractivity contribution in [2.45, 2.75) is 19.4 Å². The summed E-state index contributed by atoms with van der Waals surface area (Å²) in [7, 11) is 0. The molecule has 1 unspecified atom stereocenters. The van der Waals surface area contributed by atoms with Gasteiger partial charge in [-0.2, -0.15) is 4.99 Å². The molecule has 0 spiro atoms. The summed E-state index contributed by atoms with van der Waals surface area (Å²) in [6.45, 7) is 1.44. The summed E-state index contributed by atoms with van der Waals surface area (Å²) in [4.78, 5) is 29.8. The molecule has 1 atom stereocenters. The third-order valence-corrected chi connectivity index (χ3v) is 6.35. The highest BCUT2D eigenvalue weighted by atomic mass is 35.5. The van der Waals surface area contributed by atoms with Crippen LogP contribution in [0.3, 0.4) is 0 Å². The van der Waals surface area contributed by atoms with Crippen molar-refractivity contribution in [1.29, 1.82) is 0 Å². The van der Waals surface area contributed by atoms with Crippen molar-refractivity contribution in [1.82, 2.24) is 5.32 Å². The lowest BCUT2D eigenvalue weighted by Crippen LogP contribution is -2.42. The van der Waals surface area contributed by atoms with Gasteiger partial charge in [0, 0.05) is 6.42 Å². The van der Waals surface area contributed by atoms with Crippen molar-refractivity contribution in [2.75, 3.05) is 0 Å². The Hall–Kier alpha value is -4.76. The monoisotopic (exact) mass is 563 g/mol. The first-order valence-corrected chi connectivity index (χ1v) is 12.4. The van der Waals surface area contributed by atoms with Crippen LogP contribution in [0, 0.1) is 11.6 Å². The highest BCUT2D eigenvalue weighted by Gasteiger charge is 2.24. The number of rotatable bonds is 7. The summed E-state index contributed by atoms with van der Waals surface area (Å²) >= 11 is 5.89. The predicted molar refractivity (Wildman–Crippen MR) is 149 cm³/mol. The van der Waals surface area contributed by atoms with Crippen molar-refractivity contribution in [3.05, 3.63) is 107 Å². The lowest BCUT2D eigenvalue weighted by atomic mass is 9.99. The number of aliphatic imine (C=N–C) groups is 1. The zero-order valence-corrected chi connectivity index (χ0v) is 21.9. The number of benzene rings is 4. The number of nitrogens with two attached hydrogens (primary N) is 1. The molecule has 5 N–H and O–H groups in total. The number of hydrogen-bond acceptors (Lipinski definition) is 4. The van der Waals surface area contributed by atoms with Crippen LogP contribution in [0.15, 0.2) is 83.9 Å². The Morgan fingerprint density at radius 3 is 2.05 bits per heavy atom. The number of carbonyl (C=O) groups is 2. The van der Waals surface area contributed by atoms with Crippen molar-refractivity contribution in [3.63, 3.8) is 0 Å². The van der Waals surface area contributed by atoms with E-state index in [1.165, 1.54) is 49.4 Å². The Labute approximate surface area is 233 Å². The van der Waals surface area contributed by atoms with Gasteiger partial charge in [-0.05, 0) is 71.1 Å². The van der Waals surface area contributed by atoms with E-state index in [0.29, 0.717) is 22.3 Å². The van der Waals surface area contributed by atoms with Crippen LogP contribution in [0.5, 0.6) is 11.5 Å². The Bertz CT molecular complexity index is 1620. The van der Waals surface area contributed by atoms with Gasteiger partial charge in [0.15, 0.2) is 11.6 Å². The molecule has 2 amide bonds. The molecule has 4 rings (SSSR count). The van der Waals surface area contributed by atoms with Crippen molar-refractivity contribution < 1.29 is 28.6 Å². The van der Waals surface area contributed by atoms with Gasteiger partial charge in [-0.3, -0.25) is 9.59 Å². The van der Waals surface area contributed by atoms with E-state index in [1.54, 1.807) is 30.3 Å². The van der Waals surface area contributed by atoms with Gasteiger partial charge in [0.1, 0.15) is 17.6 Å². The number of halogens is 3. The minimum absolute atomic E-state index is 0.00647. The second-order valence-corrected chi connectivity index (χ2v) is 9.45. The van der Waals surface area contributed by atoms with Gasteiger partial charge >= 0.3 is 0 Å². The van der Waals surface area contributed by atoms with E-state index in [0.717, 1.165) is 11.6 Å². The third kappa shape index (κ3) is 6.62. The number of nitrogens with zero attached hydrogens (tertiary/aromatic N) is 1. The van der Waals surface area contributed by atoms with Crippen molar-refractivity contribution in [3.8, 4) is 33.8 Å². The van der Waals surface area contributed by atoms with E-state index in [1.807, 2.05) is 0 Å². The highest BCUT2D eigenvalue weighted by Crippen LogP contribution is 2.29. The normalized spacial score (nSPS) is 12.2. The van der Waals surface area contributed by atoms with Gasteiger partial charge in [0.25, 0.3) is 11.8 Å². The predicted octanol–water partition coefficient (Wildman–Crippen LogP) is 5.61. The number of amides is 2. The largest absolute Gasteiger partial charge is 0.507 e. The Morgan fingerprint density at radius 1 is 0.850 bits per heavy atom. The average molecular weight is 564 g/mol. The SMILES string of the molecule is CC(N)=NC(=O)C(Cc1ccc(-c2ccc(F)c(Cl)c2)cc1)NC(=O)c1cc(-c2ccc(O)c(F)c2)ccc1O. The lowest BCUT2D eigenvalue weighted by molar-refractivity contribution is -0.119. The van der Waals surface area contributed by atoms with Crippen molar-refractivity contribution >= 4 is 29.3 Å². The molecule has 0 aliphatic rings. The molecule has 0 aliphatic heterocycles. The molecule has 0 aliphatic carbocycles. The summed E-state index contributed by atoms with van der Waals surface area (Å²) in [6, 6.07) is 18.1. The van der Waals surface area contributed by atoms with Gasteiger partial charge in [-0.1, -0.05) is 54.1 Å². The van der Waals surface area contributed by atoms with Crippen LogP contribution in [-0.2, 0) is 11.2 Å². The molecule has 204 valence electrons. The standard InChI is InChI=1S/C30H24ClF2N3O4/c1-16(34)35-30(40)26(12-17-2-4-18(5-3-17)20-6-9-24(32)23(31)14-20)36-29(39)22-13-19(7-10-27(22)37)21-8-11-28(38)25(33)15-21/h2-11,13-15,26,37-38H,12H2,1H3,(H,36,39)(H2,34,35,40). The van der Waals surface area contributed by atoms with E-state index in [9.17, 15) is 28.6 Å². The van der Waals surface area contributed by atoms with Crippen LogP contribution in [0.1, 0.15) is 22.8 Å². The number of phenolic OH excluding ortho intramolecular Hbond substituents is 2. The molecule has 0 saturated heterocycles. The topological polar surface area (TPSA) is 125 Å². The van der Waals surface area contributed by atoms with Crippen LogP contribution in [0.2, 0.25) is 5.02 Å². The van der Waals surface area contributed by atoms with E-state index in [4.69, 9.17) is 17.3 Å². The minimum Gasteiger partial charge on any atom is -0.507 e. The van der Waals surface area contributed by atoms with E-state index in [2.05, 4.69) is 10.3 Å².